The highest BCUT2D eigenvalue weighted by Gasteiger charge is 2.32. The van der Waals surface area contributed by atoms with Crippen molar-refractivity contribution in [3.05, 3.63) is 0 Å². The van der Waals surface area contributed by atoms with E-state index in [2.05, 4.69) is 18.7 Å². The number of carbonyl (C=O) groups excluding carboxylic acids is 1. The monoisotopic (exact) mass is 240 g/mol. The SMILES string of the molecule is CC(C)CN1CCC(CN2CC(O)CC2=O)C1. The van der Waals surface area contributed by atoms with E-state index in [0.29, 0.717) is 24.8 Å². The minimum absolute atomic E-state index is 0.125. The Kier molecular flexibility index (Phi) is 4.05. The molecule has 2 saturated heterocycles. The first-order chi connectivity index (χ1) is 8.04. The maximum Gasteiger partial charge on any atom is 0.225 e. The number of β-amino-alcohol motifs (C(OH)–C–C–N with tert-alkyl or cyclic N) is 1. The predicted molar refractivity (Wildman–Crippen MR) is 66.6 cm³/mol. The van der Waals surface area contributed by atoms with Gasteiger partial charge in [-0.05, 0) is 24.8 Å². The highest BCUT2D eigenvalue weighted by molar-refractivity contribution is 5.79. The second kappa shape index (κ2) is 5.36. The molecule has 0 saturated carbocycles. The maximum atomic E-state index is 11.6. The third-order valence-electron chi connectivity index (χ3n) is 3.67. The van der Waals surface area contributed by atoms with Crippen molar-refractivity contribution in [3.8, 4) is 0 Å². The van der Waals surface area contributed by atoms with Crippen molar-refractivity contribution in [2.24, 2.45) is 11.8 Å². The summed E-state index contributed by atoms with van der Waals surface area (Å²) in [5.74, 6) is 1.44. The normalized spacial score (nSPS) is 30.8. The van der Waals surface area contributed by atoms with Crippen molar-refractivity contribution in [3.63, 3.8) is 0 Å². The fraction of sp³-hybridized carbons (Fsp3) is 0.923. The van der Waals surface area contributed by atoms with Crippen LogP contribution < -0.4 is 0 Å². The third-order valence-corrected chi connectivity index (χ3v) is 3.67. The smallest absolute Gasteiger partial charge is 0.225 e. The topological polar surface area (TPSA) is 43.8 Å². The molecule has 0 radical (unpaired) electrons. The Bertz CT molecular complexity index is 281. The molecule has 2 atom stereocenters. The lowest BCUT2D eigenvalue weighted by atomic mass is 10.1. The van der Waals surface area contributed by atoms with E-state index in [9.17, 15) is 9.90 Å². The summed E-state index contributed by atoms with van der Waals surface area (Å²) in [5.41, 5.74) is 0. The lowest BCUT2D eigenvalue weighted by Gasteiger charge is -2.22. The highest BCUT2D eigenvalue weighted by atomic mass is 16.3. The Labute approximate surface area is 104 Å². The predicted octanol–water partition coefficient (Wildman–Crippen LogP) is 0.557. The number of hydrogen-bond acceptors (Lipinski definition) is 3. The molecule has 17 heavy (non-hydrogen) atoms. The number of aliphatic hydroxyl groups is 1. The zero-order valence-electron chi connectivity index (χ0n) is 10.9. The van der Waals surface area contributed by atoms with Crippen LogP contribution in [0.25, 0.3) is 0 Å². The molecule has 2 fully saturated rings. The van der Waals surface area contributed by atoms with E-state index in [0.717, 1.165) is 26.2 Å². The third kappa shape index (κ3) is 3.42. The molecule has 0 aliphatic carbocycles. The van der Waals surface area contributed by atoms with E-state index in [4.69, 9.17) is 0 Å². The van der Waals surface area contributed by atoms with E-state index in [1.807, 2.05) is 4.90 Å². The second-order valence-electron chi connectivity index (χ2n) is 5.96. The first kappa shape index (κ1) is 12.8. The number of rotatable bonds is 4. The molecule has 0 aromatic rings. The van der Waals surface area contributed by atoms with Crippen molar-refractivity contribution in [2.45, 2.75) is 32.8 Å². The molecule has 2 unspecified atom stereocenters. The van der Waals surface area contributed by atoms with Crippen LogP contribution in [0.5, 0.6) is 0 Å². The number of amides is 1. The summed E-state index contributed by atoms with van der Waals surface area (Å²) < 4.78 is 0. The maximum absolute atomic E-state index is 11.6. The Morgan fingerprint density at radius 1 is 1.41 bits per heavy atom. The molecule has 4 heteroatoms. The Morgan fingerprint density at radius 3 is 2.76 bits per heavy atom. The lowest BCUT2D eigenvalue weighted by molar-refractivity contribution is -0.128. The van der Waals surface area contributed by atoms with Gasteiger partial charge >= 0.3 is 0 Å². The summed E-state index contributed by atoms with van der Waals surface area (Å²) >= 11 is 0. The van der Waals surface area contributed by atoms with Gasteiger partial charge in [0.25, 0.3) is 0 Å². The number of likely N-dealkylation sites (tertiary alicyclic amines) is 2. The molecule has 2 heterocycles. The lowest BCUT2D eigenvalue weighted by Crippen LogP contribution is -2.33. The zero-order chi connectivity index (χ0) is 12.4. The van der Waals surface area contributed by atoms with Crippen LogP contribution in [0.4, 0.5) is 0 Å². The van der Waals surface area contributed by atoms with Gasteiger partial charge in [0.05, 0.1) is 12.5 Å². The van der Waals surface area contributed by atoms with Crippen LogP contribution in [0, 0.1) is 11.8 Å². The van der Waals surface area contributed by atoms with Crippen LogP contribution in [0.2, 0.25) is 0 Å². The summed E-state index contributed by atoms with van der Waals surface area (Å²) in [6, 6.07) is 0. The fourth-order valence-electron chi connectivity index (χ4n) is 2.98. The van der Waals surface area contributed by atoms with Crippen LogP contribution in [0.3, 0.4) is 0 Å². The molecule has 1 N–H and O–H groups in total. The van der Waals surface area contributed by atoms with Crippen LogP contribution >= 0.6 is 0 Å². The minimum Gasteiger partial charge on any atom is -0.391 e. The van der Waals surface area contributed by atoms with Gasteiger partial charge in [0.15, 0.2) is 0 Å². The minimum atomic E-state index is -0.435. The van der Waals surface area contributed by atoms with Gasteiger partial charge in [-0.2, -0.15) is 0 Å². The molecular formula is C13H24N2O2. The van der Waals surface area contributed by atoms with Crippen molar-refractivity contribution in [1.82, 2.24) is 9.80 Å². The molecular weight excluding hydrogens is 216 g/mol. The molecule has 2 aliphatic heterocycles. The van der Waals surface area contributed by atoms with Crippen LogP contribution in [0.1, 0.15) is 26.7 Å². The molecule has 0 spiro atoms. The van der Waals surface area contributed by atoms with Gasteiger partial charge in [-0.1, -0.05) is 13.8 Å². The molecule has 0 bridgehead atoms. The first-order valence-corrected chi connectivity index (χ1v) is 6.72. The molecule has 0 aromatic heterocycles. The Balaban J connectivity index is 1.76. The van der Waals surface area contributed by atoms with Gasteiger partial charge in [-0.25, -0.2) is 0 Å². The van der Waals surface area contributed by atoms with Gasteiger partial charge in [0.2, 0.25) is 5.91 Å². The molecule has 4 nitrogen and oxygen atoms in total. The number of nitrogens with zero attached hydrogens (tertiary/aromatic N) is 2. The van der Waals surface area contributed by atoms with Crippen LogP contribution in [-0.4, -0.2) is 59.6 Å². The number of aliphatic hydroxyl groups excluding tert-OH is 1. The van der Waals surface area contributed by atoms with Gasteiger partial charge in [0.1, 0.15) is 0 Å². The van der Waals surface area contributed by atoms with E-state index in [1.165, 1.54) is 6.42 Å². The van der Waals surface area contributed by atoms with Crippen LogP contribution in [0.15, 0.2) is 0 Å². The van der Waals surface area contributed by atoms with E-state index in [-0.39, 0.29) is 5.91 Å². The standard InChI is InChI=1S/C13H24N2O2/c1-10(2)6-14-4-3-11(7-14)8-15-9-12(16)5-13(15)17/h10-12,16H,3-9H2,1-2H3. The second-order valence-corrected chi connectivity index (χ2v) is 5.96. The van der Waals surface area contributed by atoms with Crippen molar-refractivity contribution in [1.29, 1.82) is 0 Å². The Morgan fingerprint density at radius 2 is 2.18 bits per heavy atom. The summed E-state index contributed by atoms with van der Waals surface area (Å²) in [5, 5.41) is 9.44. The average Bonchev–Trinajstić information content (AvgIpc) is 2.74. The summed E-state index contributed by atoms with van der Waals surface area (Å²) in [7, 11) is 0. The zero-order valence-corrected chi connectivity index (χ0v) is 10.9. The van der Waals surface area contributed by atoms with Gasteiger partial charge in [-0.15, -0.1) is 0 Å². The highest BCUT2D eigenvalue weighted by Crippen LogP contribution is 2.21. The summed E-state index contributed by atoms with van der Waals surface area (Å²) in [4.78, 5) is 15.9. The van der Waals surface area contributed by atoms with Crippen molar-refractivity contribution in [2.75, 3.05) is 32.7 Å². The summed E-state index contributed by atoms with van der Waals surface area (Å²) in [6.07, 6.45) is 1.07. The van der Waals surface area contributed by atoms with Gasteiger partial charge in [-0.3, -0.25) is 4.79 Å². The molecule has 2 aliphatic rings. The molecule has 2 rings (SSSR count). The van der Waals surface area contributed by atoms with Gasteiger partial charge in [0, 0.05) is 26.2 Å². The van der Waals surface area contributed by atoms with Crippen LogP contribution in [-0.2, 0) is 4.79 Å². The molecule has 0 aromatic carbocycles. The van der Waals surface area contributed by atoms with Gasteiger partial charge < -0.3 is 14.9 Å². The van der Waals surface area contributed by atoms with Crippen molar-refractivity contribution < 1.29 is 9.90 Å². The molecule has 98 valence electrons. The molecule has 1 amide bonds. The average molecular weight is 240 g/mol. The van der Waals surface area contributed by atoms with Crippen molar-refractivity contribution >= 4 is 5.91 Å². The summed E-state index contributed by atoms with van der Waals surface area (Å²) in [6.45, 7) is 9.30. The fourth-order valence-corrected chi connectivity index (χ4v) is 2.98. The largest absolute Gasteiger partial charge is 0.391 e. The van der Waals surface area contributed by atoms with E-state index < -0.39 is 6.10 Å². The van der Waals surface area contributed by atoms with E-state index in [1.54, 1.807) is 0 Å². The number of hydrogen-bond donors (Lipinski definition) is 1. The van der Waals surface area contributed by atoms with E-state index >= 15 is 0 Å². The quantitative estimate of drug-likeness (QED) is 0.781. The Hall–Kier alpha value is -0.610. The first-order valence-electron chi connectivity index (χ1n) is 6.72. The number of carbonyl (C=O) groups is 1.